The molecule has 5 nitrogen and oxygen atoms in total. The highest BCUT2D eigenvalue weighted by molar-refractivity contribution is 6.05. The number of ether oxygens (including phenoxy) is 1. The number of rotatable bonds is 5. The van der Waals surface area contributed by atoms with Gasteiger partial charge in [0, 0.05) is 12.8 Å². The lowest BCUT2D eigenvalue weighted by Gasteiger charge is -2.08. The van der Waals surface area contributed by atoms with Crippen LogP contribution in [0.25, 0.3) is 5.69 Å². The molecule has 0 spiro atoms. The second-order valence-corrected chi connectivity index (χ2v) is 5.48. The van der Waals surface area contributed by atoms with Crippen LogP contribution in [-0.2, 0) is 11.3 Å². The van der Waals surface area contributed by atoms with Crippen molar-refractivity contribution in [2.24, 2.45) is 0 Å². The summed E-state index contributed by atoms with van der Waals surface area (Å²) >= 11 is 0. The van der Waals surface area contributed by atoms with Crippen molar-refractivity contribution in [3.8, 4) is 5.69 Å². The number of nitrogens with one attached hydrogen (secondary N) is 1. The number of carbonyl (C=O) groups excluding carboxylic acids is 1. The van der Waals surface area contributed by atoms with Gasteiger partial charge in [0.2, 0.25) is 0 Å². The molecule has 0 bridgehead atoms. The quantitative estimate of drug-likeness (QED) is 0.781. The molecule has 0 aliphatic rings. The van der Waals surface area contributed by atoms with Crippen molar-refractivity contribution in [2.45, 2.75) is 13.5 Å². The number of methoxy groups -OCH3 is 1. The summed E-state index contributed by atoms with van der Waals surface area (Å²) in [7, 11) is 1.65. The van der Waals surface area contributed by atoms with Gasteiger partial charge in [-0.2, -0.15) is 5.10 Å². The second-order valence-electron chi connectivity index (χ2n) is 5.48. The third-order valence-electron chi connectivity index (χ3n) is 3.75. The van der Waals surface area contributed by atoms with Gasteiger partial charge in [0.25, 0.3) is 5.91 Å². The fraction of sp³-hybridized carbons (Fsp3) is 0.158. The molecule has 0 fully saturated rings. The third kappa shape index (κ3) is 3.36. The van der Waals surface area contributed by atoms with E-state index in [2.05, 4.69) is 10.4 Å². The molecule has 1 N–H and O–H groups in total. The monoisotopic (exact) mass is 321 g/mol. The van der Waals surface area contributed by atoms with E-state index < -0.39 is 0 Å². The molecule has 2 aromatic carbocycles. The van der Waals surface area contributed by atoms with Gasteiger partial charge in [-0.15, -0.1) is 0 Å². The van der Waals surface area contributed by atoms with Gasteiger partial charge in [-0.05, 0) is 36.8 Å². The minimum atomic E-state index is -0.177. The predicted octanol–water partition coefficient (Wildman–Crippen LogP) is 3.58. The van der Waals surface area contributed by atoms with Crippen LogP contribution in [0.4, 0.5) is 5.69 Å². The van der Waals surface area contributed by atoms with E-state index >= 15 is 0 Å². The smallest absolute Gasteiger partial charge is 0.259 e. The predicted molar refractivity (Wildman–Crippen MR) is 93.4 cm³/mol. The molecule has 0 aliphatic heterocycles. The van der Waals surface area contributed by atoms with E-state index in [0.717, 1.165) is 22.6 Å². The van der Waals surface area contributed by atoms with Crippen LogP contribution < -0.4 is 5.32 Å². The van der Waals surface area contributed by atoms with E-state index in [0.29, 0.717) is 12.2 Å². The Labute approximate surface area is 140 Å². The number of benzene rings is 2. The van der Waals surface area contributed by atoms with E-state index in [1.54, 1.807) is 18.0 Å². The zero-order valence-electron chi connectivity index (χ0n) is 13.7. The molecule has 0 atom stereocenters. The Morgan fingerprint density at radius 2 is 1.96 bits per heavy atom. The summed E-state index contributed by atoms with van der Waals surface area (Å²) < 4.78 is 6.88. The lowest BCUT2D eigenvalue weighted by Crippen LogP contribution is -2.13. The molecule has 0 aliphatic carbocycles. The van der Waals surface area contributed by atoms with E-state index in [1.807, 2.05) is 61.5 Å². The Bertz CT molecular complexity index is 841. The highest BCUT2D eigenvalue weighted by atomic mass is 16.5. The first-order valence-electron chi connectivity index (χ1n) is 7.68. The van der Waals surface area contributed by atoms with Crippen LogP contribution in [0.1, 0.15) is 21.6 Å². The van der Waals surface area contributed by atoms with Gasteiger partial charge in [-0.25, -0.2) is 4.68 Å². The van der Waals surface area contributed by atoms with Crippen molar-refractivity contribution in [3.63, 3.8) is 0 Å². The van der Waals surface area contributed by atoms with E-state index in [9.17, 15) is 4.79 Å². The van der Waals surface area contributed by atoms with Crippen LogP contribution in [0, 0.1) is 6.92 Å². The molecular weight excluding hydrogens is 302 g/mol. The average molecular weight is 321 g/mol. The van der Waals surface area contributed by atoms with Gasteiger partial charge in [0.05, 0.1) is 29.7 Å². The maximum Gasteiger partial charge on any atom is 0.259 e. The first-order valence-corrected chi connectivity index (χ1v) is 7.68. The lowest BCUT2D eigenvalue weighted by atomic mass is 10.2. The Morgan fingerprint density at radius 1 is 1.17 bits per heavy atom. The number of anilines is 1. The summed E-state index contributed by atoms with van der Waals surface area (Å²) in [5.41, 5.74) is 4.02. The van der Waals surface area contributed by atoms with Crippen molar-refractivity contribution < 1.29 is 9.53 Å². The normalized spacial score (nSPS) is 10.6. The zero-order chi connectivity index (χ0) is 16.9. The highest BCUT2D eigenvalue weighted by Gasteiger charge is 2.15. The van der Waals surface area contributed by atoms with E-state index in [4.69, 9.17) is 4.74 Å². The van der Waals surface area contributed by atoms with Crippen molar-refractivity contribution in [3.05, 3.63) is 77.6 Å². The summed E-state index contributed by atoms with van der Waals surface area (Å²) in [6.45, 7) is 2.39. The fourth-order valence-corrected chi connectivity index (χ4v) is 2.57. The minimum absolute atomic E-state index is 0.177. The van der Waals surface area contributed by atoms with Crippen LogP contribution in [0.15, 0.2) is 60.8 Å². The second kappa shape index (κ2) is 7.10. The maximum atomic E-state index is 12.6. The molecule has 1 heterocycles. The third-order valence-corrected chi connectivity index (χ3v) is 3.75. The van der Waals surface area contributed by atoms with Gasteiger partial charge >= 0.3 is 0 Å². The molecule has 0 radical (unpaired) electrons. The van der Waals surface area contributed by atoms with Gasteiger partial charge in [0.1, 0.15) is 0 Å². The SMILES string of the molecule is COCc1cccc(NC(=O)c2cnn(-c3ccccc3)c2C)c1. The summed E-state index contributed by atoms with van der Waals surface area (Å²) in [6, 6.07) is 17.3. The van der Waals surface area contributed by atoms with Crippen LogP contribution in [0.3, 0.4) is 0 Å². The highest BCUT2D eigenvalue weighted by Crippen LogP contribution is 2.17. The number of hydrogen-bond donors (Lipinski definition) is 1. The van der Waals surface area contributed by atoms with Crippen LogP contribution in [-0.4, -0.2) is 22.8 Å². The molecular formula is C19H19N3O2. The first-order chi connectivity index (χ1) is 11.7. The summed E-state index contributed by atoms with van der Waals surface area (Å²) in [4.78, 5) is 12.6. The van der Waals surface area contributed by atoms with Gasteiger partial charge < -0.3 is 10.1 Å². The summed E-state index contributed by atoms with van der Waals surface area (Å²) in [6.07, 6.45) is 1.59. The number of amides is 1. The van der Waals surface area contributed by atoms with Crippen molar-refractivity contribution in [2.75, 3.05) is 12.4 Å². The van der Waals surface area contributed by atoms with Gasteiger partial charge in [-0.1, -0.05) is 30.3 Å². The van der Waals surface area contributed by atoms with Crippen molar-refractivity contribution in [1.29, 1.82) is 0 Å². The fourth-order valence-electron chi connectivity index (χ4n) is 2.57. The zero-order valence-corrected chi connectivity index (χ0v) is 13.7. The molecule has 122 valence electrons. The minimum Gasteiger partial charge on any atom is -0.380 e. The maximum absolute atomic E-state index is 12.6. The molecule has 24 heavy (non-hydrogen) atoms. The molecule has 3 rings (SSSR count). The topological polar surface area (TPSA) is 56.1 Å². The lowest BCUT2D eigenvalue weighted by molar-refractivity contribution is 0.102. The standard InChI is InChI=1S/C19H19N3O2/c1-14-18(12-20-22(14)17-9-4-3-5-10-17)19(23)21-16-8-6-7-15(11-16)13-24-2/h3-12H,13H2,1-2H3,(H,21,23). The Hall–Kier alpha value is -2.92. The van der Waals surface area contributed by atoms with Crippen molar-refractivity contribution >= 4 is 11.6 Å². The summed E-state index contributed by atoms with van der Waals surface area (Å²) in [5, 5.41) is 7.25. The number of nitrogens with zero attached hydrogens (tertiary/aromatic N) is 2. The van der Waals surface area contributed by atoms with Gasteiger partial charge in [-0.3, -0.25) is 4.79 Å². The molecule has 1 amide bonds. The average Bonchev–Trinajstić information content (AvgIpc) is 2.98. The molecule has 5 heteroatoms. The number of para-hydroxylation sites is 1. The number of hydrogen-bond acceptors (Lipinski definition) is 3. The van der Waals surface area contributed by atoms with E-state index in [-0.39, 0.29) is 5.91 Å². The Kier molecular flexibility index (Phi) is 4.72. The van der Waals surface area contributed by atoms with Gasteiger partial charge in [0.15, 0.2) is 0 Å². The molecule has 0 saturated carbocycles. The first kappa shape index (κ1) is 16.0. The Balaban J connectivity index is 1.81. The van der Waals surface area contributed by atoms with Crippen LogP contribution in [0.2, 0.25) is 0 Å². The molecule has 3 aromatic rings. The van der Waals surface area contributed by atoms with Crippen LogP contribution in [0.5, 0.6) is 0 Å². The number of carbonyl (C=O) groups is 1. The Morgan fingerprint density at radius 3 is 2.71 bits per heavy atom. The summed E-state index contributed by atoms with van der Waals surface area (Å²) in [5.74, 6) is -0.177. The van der Waals surface area contributed by atoms with Crippen LogP contribution >= 0.6 is 0 Å². The van der Waals surface area contributed by atoms with Crippen molar-refractivity contribution in [1.82, 2.24) is 9.78 Å². The largest absolute Gasteiger partial charge is 0.380 e. The van der Waals surface area contributed by atoms with E-state index in [1.165, 1.54) is 0 Å². The molecule has 0 unspecified atom stereocenters. The number of aromatic nitrogens is 2. The molecule has 1 aromatic heterocycles. The molecule has 0 saturated heterocycles.